The number of nitrogens with one attached hydrogen (secondary N) is 2. The van der Waals surface area contributed by atoms with Gasteiger partial charge < -0.3 is 67.5 Å². The Morgan fingerprint density at radius 3 is 0.971 bits per heavy atom. The predicted molar refractivity (Wildman–Crippen MR) is 258 cm³/mol. The second kappa shape index (κ2) is 37.8. The highest BCUT2D eigenvalue weighted by molar-refractivity contribution is 5.81. The summed E-state index contributed by atoms with van der Waals surface area (Å²) in [6.45, 7) is -2.91. The minimum atomic E-state index is -1.31. The Balaban J connectivity index is 3.59. The van der Waals surface area contributed by atoms with E-state index in [0.29, 0.717) is 0 Å². The summed E-state index contributed by atoms with van der Waals surface area (Å²) in [6.07, 6.45) is 48.7. The molecule has 2 N–H and O–H groups in total. The quantitative estimate of drug-likeness (QED) is 0.0691. The first-order valence-electron chi connectivity index (χ1n) is 21.2. The molecular formula is C53H60N2O15. The Labute approximate surface area is 413 Å². The smallest absolute Gasteiger partial charge is 0.258 e. The first kappa shape index (κ1) is 60.9. The molecule has 0 atom stereocenters. The number of carbonyl (C=O) groups is 3. The van der Waals surface area contributed by atoms with Crippen LogP contribution in [0.15, 0.2) is 18.2 Å². The molecule has 0 spiro atoms. The third kappa shape index (κ3) is 27.0. The Morgan fingerprint density at radius 2 is 0.671 bits per heavy atom. The van der Waals surface area contributed by atoms with Gasteiger partial charge in [-0.1, -0.05) is 53.3 Å². The monoisotopic (exact) mass is 964 g/mol. The maximum atomic E-state index is 13.7. The number of ether oxygens (including phenoxy) is 12. The van der Waals surface area contributed by atoms with E-state index in [9.17, 15) is 14.4 Å². The number of ketones is 1. The van der Waals surface area contributed by atoms with Crippen LogP contribution in [0.4, 0.5) is 0 Å². The van der Waals surface area contributed by atoms with Crippen molar-refractivity contribution in [1.82, 2.24) is 10.6 Å². The van der Waals surface area contributed by atoms with Gasteiger partial charge in [0.25, 0.3) is 11.8 Å². The molecular weight excluding hydrogens is 905 g/mol. The lowest BCUT2D eigenvalue weighted by atomic mass is 9.81. The maximum absolute atomic E-state index is 13.7. The molecule has 372 valence electrons. The summed E-state index contributed by atoms with van der Waals surface area (Å²) in [5, 5.41) is 5.63. The van der Waals surface area contributed by atoms with E-state index in [1.165, 1.54) is 18.2 Å². The van der Waals surface area contributed by atoms with Crippen LogP contribution in [0, 0.1) is 117 Å². The molecule has 17 heteroatoms. The standard InChI is InChI=1S/C53H60N2O15/c1-10-20-59-29-19-51(37-60-21-11-2,38-61-22-12-3)33-45(56)34-68-46-30-47(69-35-49(57)54-52(39-62-23-13-4,40-63-24-14-5)41-64-25-15-6)32-48(31-46)70-36-50(58)55-53(42-65-26-16-7,43-66-27-17-8)44-67-28-18-9/h1-9,30-32H,19-29,33-44H2,(H,54,57)(H,55,58). The van der Waals surface area contributed by atoms with E-state index in [1.54, 1.807) is 0 Å². The average molecular weight is 965 g/mol. The van der Waals surface area contributed by atoms with Gasteiger partial charge in [-0.3, -0.25) is 14.4 Å². The maximum Gasteiger partial charge on any atom is 0.258 e. The van der Waals surface area contributed by atoms with Gasteiger partial charge in [0.2, 0.25) is 0 Å². The average Bonchev–Trinajstić information content (AvgIpc) is 3.34. The van der Waals surface area contributed by atoms with E-state index < -0.39 is 48.1 Å². The van der Waals surface area contributed by atoms with Crippen molar-refractivity contribution >= 4 is 17.6 Å². The zero-order valence-electron chi connectivity index (χ0n) is 39.3. The Kier molecular flexibility index (Phi) is 32.9. The van der Waals surface area contributed by atoms with Gasteiger partial charge in [-0.15, -0.1) is 57.8 Å². The van der Waals surface area contributed by atoms with Gasteiger partial charge in [0.15, 0.2) is 19.0 Å². The van der Waals surface area contributed by atoms with Crippen molar-refractivity contribution in [1.29, 1.82) is 0 Å². The van der Waals surface area contributed by atoms with E-state index in [4.69, 9.17) is 115 Å². The molecule has 0 aliphatic carbocycles. The molecule has 0 saturated carbocycles. The Bertz CT molecular complexity index is 1920. The van der Waals surface area contributed by atoms with Gasteiger partial charge in [-0.25, -0.2) is 0 Å². The van der Waals surface area contributed by atoms with Crippen LogP contribution in [-0.2, 0) is 57.0 Å². The fourth-order valence-corrected chi connectivity index (χ4v) is 6.14. The summed E-state index contributed by atoms with van der Waals surface area (Å²) in [5.74, 6) is 19.7. The molecule has 0 heterocycles. The zero-order chi connectivity index (χ0) is 51.6. The van der Waals surface area contributed by atoms with Crippen molar-refractivity contribution in [2.24, 2.45) is 5.41 Å². The molecule has 0 aliphatic rings. The molecule has 0 aliphatic heterocycles. The van der Waals surface area contributed by atoms with Gasteiger partial charge in [-0.2, -0.15) is 0 Å². The SMILES string of the molecule is C#CCOCCC(COCC#C)(COCC#C)CC(=O)COc1cc(OCC(=O)NC(COCC#C)(COCC#C)COCC#C)cc(OCC(=O)NC(COCC#C)(COCC#C)COCC#C)c1. The summed E-state index contributed by atoms with van der Waals surface area (Å²) in [5.41, 5.74) is -3.56. The van der Waals surface area contributed by atoms with Crippen molar-refractivity contribution in [2.45, 2.75) is 23.9 Å². The largest absolute Gasteiger partial charge is 0.486 e. The third-order valence-electron chi connectivity index (χ3n) is 8.91. The second-order valence-electron chi connectivity index (χ2n) is 15.0. The summed E-state index contributed by atoms with van der Waals surface area (Å²) in [6, 6.07) is 4.18. The summed E-state index contributed by atoms with van der Waals surface area (Å²) in [7, 11) is 0. The molecule has 0 fully saturated rings. The van der Waals surface area contributed by atoms with Gasteiger partial charge in [0.1, 0.15) is 94.4 Å². The van der Waals surface area contributed by atoms with Crippen molar-refractivity contribution < 1.29 is 71.2 Å². The predicted octanol–water partition coefficient (Wildman–Crippen LogP) is 0.717. The summed E-state index contributed by atoms with van der Waals surface area (Å²) >= 11 is 0. The molecule has 0 saturated heterocycles. The van der Waals surface area contributed by atoms with Crippen molar-refractivity contribution in [2.75, 3.05) is 139 Å². The van der Waals surface area contributed by atoms with E-state index in [1.807, 2.05) is 0 Å². The van der Waals surface area contributed by atoms with Crippen LogP contribution in [0.3, 0.4) is 0 Å². The first-order chi connectivity index (χ1) is 34.0. The van der Waals surface area contributed by atoms with Crippen LogP contribution < -0.4 is 24.8 Å². The zero-order valence-corrected chi connectivity index (χ0v) is 39.3. The van der Waals surface area contributed by atoms with E-state index in [0.717, 1.165) is 0 Å². The van der Waals surface area contributed by atoms with Gasteiger partial charge in [-0.05, 0) is 6.42 Å². The van der Waals surface area contributed by atoms with Gasteiger partial charge >= 0.3 is 0 Å². The molecule has 70 heavy (non-hydrogen) atoms. The number of rotatable bonds is 41. The molecule has 1 rings (SSSR count). The van der Waals surface area contributed by atoms with Crippen LogP contribution in [0.25, 0.3) is 0 Å². The number of amides is 2. The highest BCUT2D eigenvalue weighted by Crippen LogP contribution is 2.31. The molecule has 0 unspecified atom stereocenters. The van der Waals surface area contributed by atoms with Gasteiger partial charge in [0.05, 0.1) is 52.9 Å². The summed E-state index contributed by atoms with van der Waals surface area (Å²) < 4.78 is 68.1. The highest BCUT2D eigenvalue weighted by Gasteiger charge is 2.36. The van der Waals surface area contributed by atoms with E-state index in [2.05, 4.69) is 63.9 Å². The molecule has 0 aromatic heterocycles. The van der Waals surface area contributed by atoms with Crippen LogP contribution in [-0.4, -0.2) is 167 Å². The molecule has 0 radical (unpaired) electrons. The molecule has 2 amide bonds. The van der Waals surface area contributed by atoms with Crippen molar-refractivity contribution in [3.63, 3.8) is 0 Å². The molecule has 1 aromatic rings. The van der Waals surface area contributed by atoms with E-state index >= 15 is 0 Å². The molecule has 17 nitrogen and oxygen atoms in total. The molecule has 1 aromatic carbocycles. The minimum Gasteiger partial charge on any atom is -0.486 e. The lowest BCUT2D eigenvalue weighted by Gasteiger charge is -2.33. The fraction of sp³-hybridized carbons (Fsp3) is 0.491. The number of hydrogen-bond donors (Lipinski definition) is 2. The third-order valence-corrected chi connectivity index (χ3v) is 8.91. The van der Waals surface area contributed by atoms with Crippen LogP contribution >= 0.6 is 0 Å². The van der Waals surface area contributed by atoms with E-state index in [-0.39, 0.29) is 155 Å². The molecule has 0 bridgehead atoms. The van der Waals surface area contributed by atoms with Crippen LogP contribution in [0.1, 0.15) is 12.8 Å². The topological polar surface area (TPSA) is 186 Å². The highest BCUT2D eigenvalue weighted by atomic mass is 16.5. The Morgan fingerprint density at radius 1 is 0.400 bits per heavy atom. The van der Waals surface area contributed by atoms with Crippen LogP contribution in [0.2, 0.25) is 0 Å². The Hall–Kier alpha value is -7.09. The number of terminal acetylenes is 9. The first-order valence-corrected chi connectivity index (χ1v) is 21.2. The second-order valence-corrected chi connectivity index (χ2v) is 15.0. The lowest BCUT2D eigenvalue weighted by Crippen LogP contribution is -2.59. The van der Waals surface area contributed by atoms with Crippen molar-refractivity contribution in [3.8, 4) is 128 Å². The number of benzene rings is 1. The number of hydrogen-bond acceptors (Lipinski definition) is 15. The normalized spacial score (nSPS) is 10.7. The minimum absolute atomic E-state index is 0.0182. The number of Topliss-reactive ketones (excluding diaryl/α,β-unsaturated/α-hetero) is 1. The van der Waals surface area contributed by atoms with Gasteiger partial charge in [0, 0.05) is 36.6 Å². The summed E-state index contributed by atoms with van der Waals surface area (Å²) in [4.78, 5) is 40.9. The van der Waals surface area contributed by atoms with Crippen LogP contribution in [0.5, 0.6) is 17.2 Å². The van der Waals surface area contributed by atoms with Crippen molar-refractivity contribution in [3.05, 3.63) is 18.2 Å². The number of carbonyl (C=O) groups excluding carboxylic acids is 3. The fourth-order valence-electron chi connectivity index (χ4n) is 6.14. The lowest BCUT2D eigenvalue weighted by molar-refractivity contribution is -0.129.